The summed E-state index contributed by atoms with van der Waals surface area (Å²) in [6, 6.07) is 18.6. The highest BCUT2D eigenvalue weighted by Crippen LogP contribution is 2.42. The number of halogens is 1. The van der Waals surface area contributed by atoms with Crippen LogP contribution >= 0.6 is 11.6 Å². The first-order chi connectivity index (χ1) is 16.1. The van der Waals surface area contributed by atoms with Crippen LogP contribution in [0.3, 0.4) is 0 Å². The summed E-state index contributed by atoms with van der Waals surface area (Å²) in [5.74, 6) is -0.164. The highest BCUT2D eigenvalue weighted by atomic mass is 35.5. The third kappa shape index (κ3) is 4.68. The Hall–Kier alpha value is -3.25. The molecule has 1 atom stereocenters. The van der Waals surface area contributed by atoms with E-state index in [1.54, 1.807) is 9.80 Å². The maximum Gasteiger partial charge on any atom is 0.318 e. The van der Waals surface area contributed by atoms with Gasteiger partial charge in [-0.25, -0.2) is 4.79 Å². The molecule has 0 saturated heterocycles. The number of urea groups is 1. The van der Waals surface area contributed by atoms with E-state index in [0.29, 0.717) is 5.02 Å². The van der Waals surface area contributed by atoms with Gasteiger partial charge in [-0.05, 0) is 76.6 Å². The Bertz CT molecular complexity index is 1210. The minimum Gasteiger partial charge on any atom is -0.333 e. The molecule has 1 aliphatic heterocycles. The zero-order valence-corrected chi connectivity index (χ0v) is 21.0. The van der Waals surface area contributed by atoms with Crippen LogP contribution in [0, 0.1) is 0 Å². The molecule has 1 aromatic heterocycles. The Morgan fingerprint density at radius 3 is 2.38 bits per heavy atom. The molecule has 6 nitrogen and oxygen atoms in total. The van der Waals surface area contributed by atoms with Crippen LogP contribution in [0.2, 0.25) is 5.02 Å². The zero-order chi connectivity index (χ0) is 24.6. The first kappa shape index (κ1) is 23.9. The highest BCUT2D eigenvalue weighted by Gasteiger charge is 2.37. The lowest BCUT2D eigenvalue weighted by Crippen LogP contribution is -2.54. The number of amides is 3. The van der Waals surface area contributed by atoms with Crippen molar-refractivity contribution < 1.29 is 9.59 Å². The van der Waals surface area contributed by atoms with Crippen molar-refractivity contribution in [2.75, 3.05) is 11.4 Å². The molecule has 1 N–H and O–H groups in total. The fourth-order valence-corrected chi connectivity index (χ4v) is 4.56. The van der Waals surface area contributed by atoms with Crippen LogP contribution in [0.15, 0.2) is 66.9 Å². The second-order valence-corrected chi connectivity index (χ2v) is 10.4. The van der Waals surface area contributed by atoms with Gasteiger partial charge in [0.2, 0.25) is 5.91 Å². The highest BCUT2D eigenvalue weighted by molar-refractivity contribution is 6.30. The third-order valence-electron chi connectivity index (χ3n) is 5.82. The number of rotatable bonds is 4. The lowest BCUT2D eigenvalue weighted by atomic mass is 9.97. The van der Waals surface area contributed by atoms with Crippen molar-refractivity contribution >= 4 is 29.2 Å². The molecule has 2 heterocycles. The topological polar surface area (TPSA) is 57.6 Å². The van der Waals surface area contributed by atoms with Gasteiger partial charge in [0.15, 0.2) is 0 Å². The Morgan fingerprint density at radius 1 is 1.03 bits per heavy atom. The van der Waals surface area contributed by atoms with Gasteiger partial charge in [-0.1, -0.05) is 35.9 Å². The van der Waals surface area contributed by atoms with Crippen molar-refractivity contribution in [3.05, 3.63) is 83.1 Å². The van der Waals surface area contributed by atoms with E-state index in [9.17, 15) is 9.59 Å². The summed E-state index contributed by atoms with van der Waals surface area (Å²) in [4.78, 5) is 30.4. The molecule has 0 saturated carbocycles. The van der Waals surface area contributed by atoms with E-state index in [-0.39, 0.29) is 30.6 Å². The van der Waals surface area contributed by atoms with Gasteiger partial charge < -0.3 is 14.8 Å². The average Bonchev–Trinajstić information content (AvgIpc) is 3.24. The van der Waals surface area contributed by atoms with Crippen LogP contribution in [0.5, 0.6) is 0 Å². The number of benzene rings is 2. The fourth-order valence-electron chi connectivity index (χ4n) is 4.36. The van der Waals surface area contributed by atoms with Crippen LogP contribution in [0.4, 0.5) is 10.5 Å². The van der Waals surface area contributed by atoms with Gasteiger partial charge in [0.05, 0.1) is 17.1 Å². The normalized spacial score (nSPS) is 15.0. The molecule has 0 spiro atoms. The number of hydrogen-bond donors (Lipinski definition) is 1. The Kier molecular flexibility index (Phi) is 6.45. The second-order valence-electron chi connectivity index (χ2n) is 9.91. The zero-order valence-electron chi connectivity index (χ0n) is 20.2. The second kappa shape index (κ2) is 9.18. The SMILES string of the molecule is CC(C)N(CC(=O)N1c2ccccc2-n2cccc2C1c1cccc(Cl)c1)C(=O)NC(C)(C)C. The molecule has 34 heavy (non-hydrogen) atoms. The number of carbonyl (C=O) groups excluding carboxylic acids is 2. The minimum absolute atomic E-state index is 0.0499. The van der Waals surface area contributed by atoms with Crippen molar-refractivity contribution in [1.82, 2.24) is 14.8 Å². The maximum absolute atomic E-state index is 14.0. The van der Waals surface area contributed by atoms with Gasteiger partial charge in [0.1, 0.15) is 12.6 Å². The van der Waals surface area contributed by atoms with Crippen LogP contribution in [0.25, 0.3) is 5.69 Å². The van der Waals surface area contributed by atoms with Crippen LogP contribution < -0.4 is 10.2 Å². The quantitative estimate of drug-likeness (QED) is 0.516. The van der Waals surface area contributed by atoms with E-state index in [1.165, 1.54) is 0 Å². The standard InChI is InChI=1S/C27H31ClN4O2/c1-18(2)31(26(34)29-27(3,4)5)17-24(33)32-22-13-7-6-12-21(22)30-15-9-14-23(30)25(32)19-10-8-11-20(28)16-19/h6-16,18,25H,17H2,1-5H3,(H,29,34). The number of nitrogens with one attached hydrogen (secondary N) is 1. The molecule has 7 heteroatoms. The van der Waals surface area contributed by atoms with Crippen LogP contribution in [-0.2, 0) is 4.79 Å². The summed E-state index contributed by atoms with van der Waals surface area (Å²) in [7, 11) is 0. The molecule has 178 valence electrons. The van der Waals surface area contributed by atoms with Crippen molar-refractivity contribution in [2.45, 2.75) is 52.2 Å². The molecule has 3 aromatic rings. The molecule has 4 rings (SSSR count). The minimum atomic E-state index is -0.408. The van der Waals surface area contributed by atoms with Crippen molar-refractivity contribution in [1.29, 1.82) is 0 Å². The first-order valence-electron chi connectivity index (χ1n) is 11.5. The van der Waals surface area contributed by atoms with E-state index in [0.717, 1.165) is 22.6 Å². The summed E-state index contributed by atoms with van der Waals surface area (Å²) in [6.07, 6.45) is 2.00. The summed E-state index contributed by atoms with van der Waals surface area (Å²) >= 11 is 6.35. The van der Waals surface area contributed by atoms with E-state index < -0.39 is 5.54 Å². The van der Waals surface area contributed by atoms with Gasteiger partial charge in [0, 0.05) is 22.8 Å². The maximum atomic E-state index is 14.0. The van der Waals surface area contributed by atoms with Crippen LogP contribution in [0.1, 0.15) is 51.9 Å². The Balaban J connectivity index is 1.78. The molecule has 3 amide bonds. The molecular formula is C27H31ClN4O2. The summed E-state index contributed by atoms with van der Waals surface area (Å²) < 4.78 is 2.11. The number of carbonyl (C=O) groups is 2. The Labute approximate surface area is 206 Å². The van der Waals surface area contributed by atoms with Gasteiger partial charge in [-0.3, -0.25) is 9.69 Å². The number of fused-ring (bicyclic) bond motifs is 3. The van der Waals surface area contributed by atoms with Crippen molar-refractivity contribution in [3.63, 3.8) is 0 Å². The fraction of sp³-hybridized carbons (Fsp3) is 0.333. The molecule has 0 radical (unpaired) electrons. The summed E-state index contributed by atoms with van der Waals surface area (Å²) in [6.45, 7) is 9.56. The smallest absolute Gasteiger partial charge is 0.318 e. The molecule has 0 aliphatic carbocycles. The summed E-state index contributed by atoms with van der Waals surface area (Å²) in [5.41, 5.74) is 3.18. The van der Waals surface area contributed by atoms with E-state index in [2.05, 4.69) is 9.88 Å². The van der Waals surface area contributed by atoms with Gasteiger partial charge in [-0.2, -0.15) is 0 Å². The number of para-hydroxylation sites is 2. The predicted molar refractivity (Wildman–Crippen MR) is 137 cm³/mol. The predicted octanol–water partition coefficient (Wildman–Crippen LogP) is 5.79. The molecule has 0 fully saturated rings. The van der Waals surface area contributed by atoms with Gasteiger partial charge in [0.25, 0.3) is 0 Å². The van der Waals surface area contributed by atoms with Crippen molar-refractivity contribution in [3.8, 4) is 5.69 Å². The van der Waals surface area contributed by atoms with Gasteiger partial charge >= 0.3 is 6.03 Å². The number of anilines is 1. The molecule has 0 bridgehead atoms. The number of aromatic nitrogens is 1. The van der Waals surface area contributed by atoms with Gasteiger partial charge in [-0.15, -0.1) is 0 Å². The molecular weight excluding hydrogens is 448 g/mol. The van der Waals surface area contributed by atoms with Crippen molar-refractivity contribution in [2.24, 2.45) is 0 Å². The molecule has 1 aliphatic rings. The lowest BCUT2D eigenvalue weighted by Gasteiger charge is -2.40. The Morgan fingerprint density at radius 2 is 1.74 bits per heavy atom. The molecule has 2 aromatic carbocycles. The average molecular weight is 479 g/mol. The largest absolute Gasteiger partial charge is 0.333 e. The molecule has 1 unspecified atom stereocenters. The van der Waals surface area contributed by atoms with Crippen LogP contribution in [-0.4, -0.2) is 39.5 Å². The van der Waals surface area contributed by atoms with E-state index >= 15 is 0 Å². The number of hydrogen-bond acceptors (Lipinski definition) is 2. The van der Waals surface area contributed by atoms with E-state index in [4.69, 9.17) is 11.6 Å². The lowest BCUT2D eigenvalue weighted by molar-refractivity contribution is -0.120. The monoisotopic (exact) mass is 478 g/mol. The van der Waals surface area contributed by atoms with E-state index in [1.807, 2.05) is 101 Å². The third-order valence-corrected chi connectivity index (χ3v) is 6.06. The first-order valence-corrected chi connectivity index (χ1v) is 11.9. The number of nitrogens with zero attached hydrogens (tertiary/aromatic N) is 3. The summed E-state index contributed by atoms with van der Waals surface area (Å²) in [5, 5.41) is 3.59.